The van der Waals surface area contributed by atoms with Gasteiger partial charge in [0.05, 0.1) is 0 Å². The lowest BCUT2D eigenvalue weighted by Gasteiger charge is -2.11. The Labute approximate surface area is 136 Å². The highest BCUT2D eigenvalue weighted by atomic mass is 16.5. The van der Waals surface area contributed by atoms with E-state index in [0.717, 1.165) is 11.1 Å². The molecule has 0 aromatic heterocycles. The second-order valence-corrected chi connectivity index (χ2v) is 5.39. The van der Waals surface area contributed by atoms with Gasteiger partial charge < -0.3 is 20.2 Å². The molecule has 0 heterocycles. The summed E-state index contributed by atoms with van der Waals surface area (Å²) in [5.41, 5.74) is 2.12. The second kappa shape index (κ2) is 9.61. The molecule has 6 heteroatoms. The molecule has 0 aliphatic rings. The first-order chi connectivity index (χ1) is 10.9. The van der Waals surface area contributed by atoms with E-state index >= 15 is 0 Å². The molecule has 0 saturated heterocycles. The Morgan fingerprint density at radius 3 is 2.30 bits per heavy atom. The summed E-state index contributed by atoms with van der Waals surface area (Å²) in [5, 5.41) is 5.30. The minimum absolute atomic E-state index is 0.0166. The SMILES string of the molecule is CC(=O)CCC(=O)NCCNC(=O)COc1cccc(C)c1C. The Hall–Kier alpha value is -2.37. The Morgan fingerprint density at radius 2 is 1.65 bits per heavy atom. The van der Waals surface area contributed by atoms with E-state index < -0.39 is 0 Å². The summed E-state index contributed by atoms with van der Waals surface area (Å²) in [6.45, 7) is 5.95. The van der Waals surface area contributed by atoms with E-state index in [-0.39, 0.29) is 37.0 Å². The Bertz CT molecular complexity index is 570. The molecule has 0 radical (unpaired) electrons. The highest BCUT2D eigenvalue weighted by Gasteiger charge is 2.06. The van der Waals surface area contributed by atoms with Gasteiger partial charge in [-0.15, -0.1) is 0 Å². The van der Waals surface area contributed by atoms with E-state index in [2.05, 4.69) is 10.6 Å². The minimum Gasteiger partial charge on any atom is -0.483 e. The molecule has 0 aliphatic heterocycles. The molecule has 1 rings (SSSR count). The van der Waals surface area contributed by atoms with Gasteiger partial charge in [-0.05, 0) is 38.0 Å². The first-order valence-electron chi connectivity index (χ1n) is 7.62. The molecule has 0 bridgehead atoms. The lowest BCUT2D eigenvalue weighted by atomic mass is 10.1. The van der Waals surface area contributed by atoms with Gasteiger partial charge in [0, 0.05) is 25.9 Å². The largest absolute Gasteiger partial charge is 0.483 e. The number of hydrogen-bond donors (Lipinski definition) is 2. The van der Waals surface area contributed by atoms with Crippen LogP contribution in [0.3, 0.4) is 0 Å². The minimum atomic E-state index is -0.246. The van der Waals surface area contributed by atoms with Crippen LogP contribution in [0.2, 0.25) is 0 Å². The molecule has 6 nitrogen and oxygen atoms in total. The number of aryl methyl sites for hydroxylation is 1. The molecule has 0 atom stereocenters. The zero-order valence-corrected chi connectivity index (χ0v) is 13.9. The van der Waals surface area contributed by atoms with Crippen molar-refractivity contribution < 1.29 is 19.1 Å². The first kappa shape index (κ1) is 18.7. The van der Waals surface area contributed by atoms with Crippen molar-refractivity contribution in [3.05, 3.63) is 29.3 Å². The molecule has 2 amide bonds. The van der Waals surface area contributed by atoms with Crippen LogP contribution < -0.4 is 15.4 Å². The van der Waals surface area contributed by atoms with Crippen LogP contribution in [0.4, 0.5) is 0 Å². The third kappa shape index (κ3) is 7.44. The predicted octanol–water partition coefficient (Wildman–Crippen LogP) is 1.28. The van der Waals surface area contributed by atoms with E-state index in [1.165, 1.54) is 6.92 Å². The summed E-state index contributed by atoms with van der Waals surface area (Å²) in [4.78, 5) is 33.8. The quantitative estimate of drug-likeness (QED) is 0.671. The maximum Gasteiger partial charge on any atom is 0.258 e. The van der Waals surface area contributed by atoms with Crippen LogP contribution in [0.15, 0.2) is 18.2 Å². The van der Waals surface area contributed by atoms with Crippen molar-refractivity contribution in [2.75, 3.05) is 19.7 Å². The fourth-order valence-corrected chi connectivity index (χ4v) is 1.86. The highest BCUT2D eigenvalue weighted by Crippen LogP contribution is 2.20. The average molecular weight is 320 g/mol. The summed E-state index contributed by atoms with van der Waals surface area (Å²) >= 11 is 0. The fraction of sp³-hybridized carbons (Fsp3) is 0.471. The molecule has 1 aromatic carbocycles. The van der Waals surface area contributed by atoms with E-state index in [1.54, 1.807) is 0 Å². The lowest BCUT2D eigenvalue weighted by molar-refractivity contribution is -0.125. The second-order valence-electron chi connectivity index (χ2n) is 5.39. The monoisotopic (exact) mass is 320 g/mol. The fourth-order valence-electron chi connectivity index (χ4n) is 1.86. The number of Topliss-reactive ketones (excluding diaryl/α,β-unsaturated/α-hetero) is 1. The zero-order chi connectivity index (χ0) is 17.2. The van der Waals surface area contributed by atoms with E-state index in [9.17, 15) is 14.4 Å². The standard InChI is InChI=1S/C17H24N2O4/c1-12-5-4-6-15(14(12)3)23-11-17(22)19-10-9-18-16(21)8-7-13(2)20/h4-6H,7-11H2,1-3H3,(H,18,21)(H,19,22). The van der Waals surface area contributed by atoms with Gasteiger partial charge in [0.25, 0.3) is 5.91 Å². The third-order valence-corrected chi connectivity index (χ3v) is 3.39. The third-order valence-electron chi connectivity index (χ3n) is 3.39. The van der Waals surface area contributed by atoms with Gasteiger partial charge in [-0.2, -0.15) is 0 Å². The number of amides is 2. The molecule has 2 N–H and O–H groups in total. The molecule has 1 aromatic rings. The average Bonchev–Trinajstić information content (AvgIpc) is 2.51. The van der Waals surface area contributed by atoms with Crippen molar-refractivity contribution in [3.63, 3.8) is 0 Å². The van der Waals surface area contributed by atoms with Crippen molar-refractivity contribution >= 4 is 17.6 Å². The molecule has 0 spiro atoms. The van der Waals surface area contributed by atoms with Crippen molar-refractivity contribution in [2.45, 2.75) is 33.6 Å². The molecule has 0 aliphatic carbocycles. The van der Waals surface area contributed by atoms with Crippen molar-refractivity contribution in [2.24, 2.45) is 0 Å². The number of carbonyl (C=O) groups is 3. The van der Waals surface area contributed by atoms with Gasteiger partial charge in [0.2, 0.25) is 5.91 Å². The molecule has 0 saturated carbocycles. The van der Waals surface area contributed by atoms with Gasteiger partial charge in [-0.3, -0.25) is 9.59 Å². The van der Waals surface area contributed by atoms with Crippen LogP contribution >= 0.6 is 0 Å². The predicted molar refractivity (Wildman–Crippen MR) is 87.3 cm³/mol. The summed E-state index contributed by atoms with van der Waals surface area (Å²) in [6.07, 6.45) is 0.418. The van der Waals surface area contributed by atoms with Crippen molar-refractivity contribution in [3.8, 4) is 5.75 Å². The molecular weight excluding hydrogens is 296 g/mol. The Kier molecular flexibility index (Phi) is 7.80. The van der Waals surface area contributed by atoms with Crippen LogP contribution in [0.1, 0.15) is 30.9 Å². The summed E-state index contributed by atoms with van der Waals surface area (Å²) in [5.74, 6) is 0.236. The topological polar surface area (TPSA) is 84.5 Å². The van der Waals surface area contributed by atoms with Gasteiger partial charge in [0.1, 0.15) is 11.5 Å². The van der Waals surface area contributed by atoms with Crippen molar-refractivity contribution in [1.82, 2.24) is 10.6 Å². The smallest absolute Gasteiger partial charge is 0.258 e. The van der Waals surface area contributed by atoms with Crippen LogP contribution in [-0.4, -0.2) is 37.3 Å². The summed E-state index contributed by atoms with van der Waals surface area (Å²) < 4.78 is 5.49. The number of ketones is 1. The van der Waals surface area contributed by atoms with Crippen LogP contribution in [-0.2, 0) is 14.4 Å². The number of hydrogen-bond acceptors (Lipinski definition) is 4. The lowest BCUT2D eigenvalue weighted by Crippen LogP contribution is -2.36. The maximum absolute atomic E-state index is 11.7. The Morgan fingerprint density at radius 1 is 1.00 bits per heavy atom. The first-order valence-corrected chi connectivity index (χ1v) is 7.62. The molecule has 23 heavy (non-hydrogen) atoms. The summed E-state index contributed by atoms with van der Waals surface area (Å²) in [6, 6.07) is 5.69. The van der Waals surface area contributed by atoms with Gasteiger partial charge >= 0.3 is 0 Å². The number of ether oxygens (including phenoxy) is 1. The van der Waals surface area contributed by atoms with Crippen LogP contribution in [0.25, 0.3) is 0 Å². The summed E-state index contributed by atoms with van der Waals surface area (Å²) in [7, 11) is 0. The van der Waals surface area contributed by atoms with Gasteiger partial charge in [-0.25, -0.2) is 0 Å². The van der Waals surface area contributed by atoms with Crippen LogP contribution in [0.5, 0.6) is 5.75 Å². The maximum atomic E-state index is 11.7. The highest BCUT2D eigenvalue weighted by molar-refractivity contribution is 5.83. The van der Waals surface area contributed by atoms with E-state index in [1.807, 2.05) is 32.0 Å². The van der Waals surface area contributed by atoms with E-state index in [4.69, 9.17) is 4.74 Å². The van der Waals surface area contributed by atoms with Crippen LogP contribution in [0, 0.1) is 13.8 Å². The number of carbonyl (C=O) groups excluding carboxylic acids is 3. The molecule has 126 valence electrons. The zero-order valence-electron chi connectivity index (χ0n) is 13.9. The number of benzene rings is 1. The molecule has 0 unspecified atom stereocenters. The Balaban J connectivity index is 2.19. The number of rotatable bonds is 9. The van der Waals surface area contributed by atoms with Gasteiger partial charge in [-0.1, -0.05) is 12.1 Å². The van der Waals surface area contributed by atoms with Crippen molar-refractivity contribution in [1.29, 1.82) is 0 Å². The van der Waals surface area contributed by atoms with E-state index in [0.29, 0.717) is 18.8 Å². The molecular formula is C17H24N2O4. The normalized spacial score (nSPS) is 10.0. The van der Waals surface area contributed by atoms with Gasteiger partial charge in [0.15, 0.2) is 6.61 Å². The number of nitrogens with one attached hydrogen (secondary N) is 2. The molecule has 0 fully saturated rings.